The van der Waals surface area contributed by atoms with E-state index in [0.717, 1.165) is 81.5 Å². The Morgan fingerprint density at radius 1 is 0.847 bits per heavy atom. The Morgan fingerprint density at radius 3 is 2.29 bits per heavy atom. The Kier molecular flexibility index (Phi) is 13.1. The average molecular weight is 809 g/mol. The number of nitrogens with one attached hydrogen (secondary N) is 4. The molecule has 0 spiro atoms. The van der Waals surface area contributed by atoms with Crippen molar-refractivity contribution in [3.05, 3.63) is 72.4 Å². The van der Waals surface area contributed by atoms with Crippen molar-refractivity contribution in [1.82, 2.24) is 40.5 Å². The first kappa shape index (κ1) is 41.6. The predicted molar refractivity (Wildman–Crippen MR) is 224 cm³/mol. The molecule has 6 atom stereocenters. The summed E-state index contributed by atoms with van der Waals surface area (Å²) in [5.41, 5.74) is 5.77. The van der Waals surface area contributed by atoms with Gasteiger partial charge in [-0.15, -0.1) is 0 Å². The van der Waals surface area contributed by atoms with Crippen LogP contribution in [-0.4, -0.2) is 107 Å². The monoisotopic (exact) mass is 808 g/mol. The minimum atomic E-state index is -0.674. The second-order valence-electron chi connectivity index (χ2n) is 15.7. The maximum absolute atomic E-state index is 13.8. The number of likely N-dealkylation sites (tertiary alicyclic amines) is 1. The lowest BCUT2D eigenvalue weighted by molar-refractivity contribution is -0.233. The quantitative estimate of drug-likeness (QED) is 0.0892. The molecule has 2 aliphatic rings. The van der Waals surface area contributed by atoms with Crippen LogP contribution < -0.4 is 10.6 Å². The molecule has 0 unspecified atom stereocenters. The third-order valence-electron chi connectivity index (χ3n) is 12.0. The fourth-order valence-electron chi connectivity index (χ4n) is 7.95. The van der Waals surface area contributed by atoms with E-state index in [1.807, 2.05) is 36.1 Å². The van der Waals surface area contributed by atoms with Gasteiger partial charge in [0, 0.05) is 18.7 Å². The molecule has 59 heavy (non-hydrogen) atoms. The summed E-state index contributed by atoms with van der Waals surface area (Å²) in [4.78, 5) is 62.7. The first-order valence-corrected chi connectivity index (χ1v) is 20.7. The second-order valence-corrected chi connectivity index (χ2v) is 15.7. The molecule has 2 saturated heterocycles. The third kappa shape index (κ3) is 9.22. The Morgan fingerprint density at radius 2 is 1.54 bits per heavy atom. The third-order valence-corrected chi connectivity index (χ3v) is 12.0. The molecule has 5 aromatic rings. The number of alkyl carbamates (subject to hydrolysis) is 2. The van der Waals surface area contributed by atoms with Crippen LogP contribution in [0.3, 0.4) is 0 Å². The average Bonchev–Trinajstić information content (AvgIpc) is 4.06. The van der Waals surface area contributed by atoms with E-state index in [9.17, 15) is 14.4 Å². The van der Waals surface area contributed by atoms with Gasteiger partial charge in [-0.1, -0.05) is 70.9 Å². The van der Waals surface area contributed by atoms with Crippen molar-refractivity contribution in [2.45, 2.75) is 77.5 Å². The van der Waals surface area contributed by atoms with Crippen LogP contribution in [0.4, 0.5) is 9.59 Å². The minimum absolute atomic E-state index is 0.0534. The van der Waals surface area contributed by atoms with Crippen molar-refractivity contribution >= 4 is 39.9 Å². The molecule has 0 aliphatic carbocycles. The van der Waals surface area contributed by atoms with Gasteiger partial charge in [0.05, 0.1) is 69.0 Å². The van der Waals surface area contributed by atoms with Crippen LogP contribution in [0, 0.1) is 11.8 Å². The molecule has 2 aliphatic heterocycles. The summed E-state index contributed by atoms with van der Waals surface area (Å²) < 4.78 is 15.5. The highest BCUT2D eigenvalue weighted by molar-refractivity contribution is 5.92. The van der Waals surface area contributed by atoms with Gasteiger partial charge in [-0.3, -0.25) is 9.63 Å². The zero-order chi connectivity index (χ0) is 41.6. The van der Waals surface area contributed by atoms with Gasteiger partial charge in [-0.25, -0.2) is 19.6 Å². The SMILES string of the molecule is CC[C@H](C)[C@H](NC(=O)OC)C(=O)N1CCC[C@H]1c1ncc(-c2ccc3cc(-c4ccc5nc([C@@H]6COCCN6OC[C@@H](NC(=O)OC)[C@@H](C)CC)[nH]c5c4)ccc3c2)[nH]1. The summed E-state index contributed by atoms with van der Waals surface area (Å²) in [5, 5.41) is 9.76. The van der Waals surface area contributed by atoms with Crippen molar-refractivity contribution in [2.75, 3.05) is 47.1 Å². The van der Waals surface area contributed by atoms with Crippen LogP contribution in [0.15, 0.2) is 60.8 Å². The molecule has 4 N–H and O–H groups in total. The molecular formula is C44H56N8O7. The summed E-state index contributed by atoms with van der Waals surface area (Å²) in [5.74, 6) is 1.51. The Bertz CT molecular complexity index is 2260. The molecule has 7 rings (SSSR count). The van der Waals surface area contributed by atoms with Crippen molar-refractivity contribution in [3.8, 4) is 22.4 Å². The number of hydrogen-bond donors (Lipinski definition) is 4. The number of methoxy groups -OCH3 is 2. The van der Waals surface area contributed by atoms with Crippen molar-refractivity contribution < 1.29 is 33.4 Å². The topological polar surface area (TPSA) is 176 Å². The number of aromatic amines is 2. The first-order chi connectivity index (χ1) is 28.6. The summed E-state index contributed by atoms with van der Waals surface area (Å²) in [6, 6.07) is 17.7. The van der Waals surface area contributed by atoms with E-state index in [1.165, 1.54) is 14.2 Å². The fraction of sp³-hybridized carbons (Fsp3) is 0.477. The van der Waals surface area contributed by atoms with E-state index in [2.05, 4.69) is 83.0 Å². The van der Waals surface area contributed by atoms with Gasteiger partial charge in [0.2, 0.25) is 5.91 Å². The minimum Gasteiger partial charge on any atom is -0.453 e. The van der Waals surface area contributed by atoms with Crippen LogP contribution in [-0.2, 0) is 23.8 Å². The van der Waals surface area contributed by atoms with Crippen molar-refractivity contribution in [1.29, 1.82) is 0 Å². The number of amides is 3. The lowest BCUT2D eigenvalue weighted by Crippen LogP contribution is -2.51. The van der Waals surface area contributed by atoms with Gasteiger partial charge >= 0.3 is 12.2 Å². The zero-order valence-electron chi connectivity index (χ0n) is 34.7. The number of imidazole rings is 2. The summed E-state index contributed by atoms with van der Waals surface area (Å²) >= 11 is 0. The molecule has 3 amide bonds. The van der Waals surface area contributed by atoms with Crippen molar-refractivity contribution in [3.63, 3.8) is 0 Å². The van der Waals surface area contributed by atoms with Crippen LogP contribution in [0.1, 0.15) is 77.1 Å². The summed E-state index contributed by atoms with van der Waals surface area (Å²) in [6.45, 7) is 10.6. The largest absolute Gasteiger partial charge is 0.453 e. The summed E-state index contributed by atoms with van der Waals surface area (Å²) in [6.07, 6.45) is 4.00. The van der Waals surface area contributed by atoms with E-state index in [-0.39, 0.29) is 35.9 Å². The molecule has 0 saturated carbocycles. The van der Waals surface area contributed by atoms with Crippen molar-refractivity contribution in [2.24, 2.45) is 11.8 Å². The number of H-pyrrole nitrogens is 2. The maximum atomic E-state index is 13.8. The molecule has 3 aromatic carbocycles. The molecular weight excluding hydrogens is 753 g/mol. The van der Waals surface area contributed by atoms with E-state index in [1.54, 1.807) is 0 Å². The molecule has 0 radical (unpaired) electrons. The molecule has 2 aromatic heterocycles. The van der Waals surface area contributed by atoms with E-state index in [0.29, 0.717) is 32.9 Å². The number of carbonyl (C=O) groups excluding carboxylic acids is 3. The van der Waals surface area contributed by atoms with Crippen LogP contribution in [0.5, 0.6) is 0 Å². The fourth-order valence-corrected chi connectivity index (χ4v) is 7.95. The highest BCUT2D eigenvalue weighted by Crippen LogP contribution is 2.35. The van der Waals surface area contributed by atoms with Gasteiger partial charge in [0.15, 0.2) is 0 Å². The van der Waals surface area contributed by atoms with E-state index < -0.39 is 18.2 Å². The molecule has 2 fully saturated rings. The van der Waals surface area contributed by atoms with E-state index >= 15 is 0 Å². The van der Waals surface area contributed by atoms with Gasteiger partial charge in [0.1, 0.15) is 23.7 Å². The molecule has 15 nitrogen and oxygen atoms in total. The number of fused-ring (bicyclic) bond motifs is 2. The molecule has 4 heterocycles. The first-order valence-electron chi connectivity index (χ1n) is 20.7. The summed E-state index contributed by atoms with van der Waals surface area (Å²) in [7, 11) is 2.67. The number of morpholine rings is 1. The number of benzene rings is 3. The Hall–Kier alpha value is -5.51. The smallest absolute Gasteiger partial charge is 0.407 e. The van der Waals surface area contributed by atoms with E-state index in [4.69, 9.17) is 29.0 Å². The standard InChI is InChI=1S/C44H56N8O7/c1-7-26(3)36(49-43(54)56-5)24-59-52-18-19-58-25-38(52)41-46-33-16-15-31(22-34(33)47-41)29-11-12-30-21-32(14-13-28(30)20-29)35-23-45-40(48-35)37-10-9-17-51(37)42(53)39(27(4)8-2)50-44(55)57-6/h11-16,20-23,26-27,36-39H,7-10,17-19,24-25H2,1-6H3,(H,45,48)(H,46,47)(H,49,54)(H,50,55)/t26-,27-,36+,37-,38-,39-/m0/s1. The zero-order valence-corrected chi connectivity index (χ0v) is 34.7. The number of ether oxygens (including phenoxy) is 3. The molecule has 314 valence electrons. The normalized spacial score (nSPS) is 19.3. The lowest BCUT2D eigenvalue weighted by atomic mass is 9.97. The number of hydrogen-bond acceptors (Lipinski definition) is 10. The number of carbonyl (C=O) groups is 3. The van der Waals surface area contributed by atoms with Gasteiger partial charge < -0.3 is 39.7 Å². The predicted octanol–water partition coefficient (Wildman–Crippen LogP) is 7.28. The molecule has 15 heteroatoms. The number of hydroxylamine groups is 2. The Labute approximate surface area is 344 Å². The number of nitrogens with zero attached hydrogens (tertiary/aromatic N) is 4. The molecule has 0 bridgehead atoms. The van der Waals surface area contributed by atoms with Gasteiger partial charge in [0.25, 0.3) is 0 Å². The van der Waals surface area contributed by atoms with Gasteiger partial charge in [-0.2, -0.15) is 5.06 Å². The highest BCUT2D eigenvalue weighted by Gasteiger charge is 2.38. The van der Waals surface area contributed by atoms with Gasteiger partial charge in [-0.05, 0) is 70.8 Å². The number of aromatic nitrogens is 4. The second kappa shape index (κ2) is 18.6. The lowest BCUT2D eigenvalue weighted by Gasteiger charge is -2.35. The highest BCUT2D eigenvalue weighted by atomic mass is 16.7. The maximum Gasteiger partial charge on any atom is 0.407 e. The Balaban J connectivity index is 1.05. The van der Waals surface area contributed by atoms with Crippen LogP contribution in [0.2, 0.25) is 0 Å². The number of rotatable bonds is 14. The van der Waals surface area contributed by atoms with Crippen LogP contribution >= 0.6 is 0 Å². The van der Waals surface area contributed by atoms with Crippen LogP contribution in [0.25, 0.3) is 44.2 Å².